The summed E-state index contributed by atoms with van der Waals surface area (Å²) in [4.78, 5) is 12.7. The van der Waals surface area contributed by atoms with E-state index >= 15 is 0 Å². The summed E-state index contributed by atoms with van der Waals surface area (Å²) in [6.07, 6.45) is 5.91. The van der Waals surface area contributed by atoms with Crippen molar-refractivity contribution in [3.05, 3.63) is 63.2 Å². The van der Waals surface area contributed by atoms with Crippen molar-refractivity contribution in [3.8, 4) is 5.75 Å². The topological polar surface area (TPSA) is 50.4 Å². The molecule has 1 aromatic heterocycles. The normalized spacial score (nSPS) is 16.3. The van der Waals surface area contributed by atoms with Gasteiger partial charge in [-0.1, -0.05) is 57.0 Å². The molecule has 1 unspecified atom stereocenters. The number of aromatic hydroxyl groups is 1. The summed E-state index contributed by atoms with van der Waals surface area (Å²) in [5.41, 5.74) is 1.94. The molecule has 3 heteroatoms. The molecule has 0 aliphatic heterocycles. The molecule has 0 amide bonds. The molecular formula is C21H26O3. The van der Waals surface area contributed by atoms with E-state index < -0.39 is 0 Å². The van der Waals surface area contributed by atoms with E-state index in [9.17, 15) is 9.90 Å². The Labute approximate surface area is 143 Å². The Morgan fingerprint density at radius 2 is 1.67 bits per heavy atom. The molecule has 128 valence electrons. The maximum atomic E-state index is 12.7. The van der Waals surface area contributed by atoms with Gasteiger partial charge in [0.15, 0.2) is 0 Å². The first kappa shape index (κ1) is 16.8. The first-order valence-electron chi connectivity index (χ1n) is 9.02. The Bertz CT molecular complexity index is 744. The van der Waals surface area contributed by atoms with Crippen LogP contribution in [0.25, 0.3) is 0 Å². The van der Waals surface area contributed by atoms with Gasteiger partial charge >= 0.3 is 5.63 Å². The van der Waals surface area contributed by atoms with E-state index in [0.29, 0.717) is 11.3 Å². The quantitative estimate of drug-likeness (QED) is 0.882. The first-order valence-corrected chi connectivity index (χ1v) is 9.02. The average molecular weight is 326 g/mol. The predicted octanol–water partition coefficient (Wildman–Crippen LogP) is 4.79. The average Bonchev–Trinajstić information content (AvgIpc) is 2.54. The number of rotatable bonds is 3. The minimum atomic E-state index is -0.380. The van der Waals surface area contributed by atoms with E-state index in [4.69, 9.17) is 4.42 Å². The van der Waals surface area contributed by atoms with Crippen molar-refractivity contribution < 1.29 is 9.52 Å². The zero-order valence-electron chi connectivity index (χ0n) is 14.5. The van der Waals surface area contributed by atoms with Crippen LogP contribution >= 0.6 is 0 Å². The molecule has 2 aromatic rings. The van der Waals surface area contributed by atoms with Crippen LogP contribution in [0.5, 0.6) is 5.75 Å². The molecule has 0 saturated carbocycles. The van der Waals surface area contributed by atoms with Crippen molar-refractivity contribution in [2.24, 2.45) is 5.92 Å². The third kappa shape index (κ3) is 3.26. The van der Waals surface area contributed by atoms with Crippen LogP contribution in [0.1, 0.15) is 67.9 Å². The molecule has 0 bridgehead atoms. The lowest BCUT2D eigenvalue weighted by Crippen LogP contribution is -2.20. The zero-order chi connectivity index (χ0) is 17.1. The van der Waals surface area contributed by atoms with E-state index in [2.05, 4.69) is 13.8 Å². The molecule has 1 heterocycles. The number of hydrogen-bond donors (Lipinski definition) is 1. The first-order chi connectivity index (χ1) is 11.6. The van der Waals surface area contributed by atoms with Crippen molar-refractivity contribution in [3.63, 3.8) is 0 Å². The van der Waals surface area contributed by atoms with Crippen LogP contribution < -0.4 is 5.63 Å². The van der Waals surface area contributed by atoms with Crippen LogP contribution in [-0.2, 0) is 12.8 Å². The molecule has 1 aliphatic carbocycles. The molecule has 0 saturated heterocycles. The summed E-state index contributed by atoms with van der Waals surface area (Å²) in [5, 5.41) is 11.0. The Kier molecular flexibility index (Phi) is 5.08. The van der Waals surface area contributed by atoms with Gasteiger partial charge in [-0.2, -0.15) is 0 Å². The third-order valence-corrected chi connectivity index (χ3v) is 5.03. The van der Waals surface area contributed by atoms with Crippen molar-refractivity contribution >= 4 is 0 Å². The molecule has 1 aromatic carbocycles. The van der Waals surface area contributed by atoms with Gasteiger partial charge in [-0.15, -0.1) is 0 Å². The molecule has 0 radical (unpaired) electrons. The number of benzene rings is 1. The Balaban J connectivity index is 2.15. The lowest BCUT2D eigenvalue weighted by atomic mass is 9.81. The van der Waals surface area contributed by atoms with Gasteiger partial charge in [0.1, 0.15) is 11.5 Å². The monoisotopic (exact) mass is 326 g/mol. The third-order valence-electron chi connectivity index (χ3n) is 5.03. The molecule has 3 rings (SSSR count). The van der Waals surface area contributed by atoms with Gasteiger partial charge in [0, 0.05) is 17.9 Å². The fourth-order valence-corrected chi connectivity index (χ4v) is 3.84. The highest BCUT2D eigenvalue weighted by molar-refractivity contribution is 5.46. The maximum Gasteiger partial charge on any atom is 0.343 e. The Morgan fingerprint density at radius 3 is 2.33 bits per heavy atom. The largest absolute Gasteiger partial charge is 0.507 e. The van der Waals surface area contributed by atoms with Crippen LogP contribution in [0, 0.1) is 5.92 Å². The van der Waals surface area contributed by atoms with E-state index in [1.54, 1.807) is 0 Å². The highest BCUT2D eigenvalue weighted by atomic mass is 16.4. The van der Waals surface area contributed by atoms with Gasteiger partial charge in [-0.3, -0.25) is 0 Å². The fraction of sp³-hybridized carbons (Fsp3) is 0.476. The van der Waals surface area contributed by atoms with E-state index in [1.165, 1.54) is 6.42 Å². The predicted molar refractivity (Wildman–Crippen MR) is 95.6 cm³/mol. The smallest absolute Gasteiger partial charge is 0.343 e. The van der Waals surface area contributed by atoms with E-state index in [1.807, 2.05) is 30.3 Å². The molecule has 24 heavy (non-hydrogen) atoms. The lowest BCUT2D eigenvalue weighted by Gasteiger charge is -2.24. The van der Waals surface area contributed by atoms with Gasteiger partial charge in [0.2, 0.25) is 0 Å². The summed E-state index contributed by atoms with van der Waals surface area (Å²) >= 11 is 0. The van der Waals surface area contributed by atoms with Crippen LogP contribution in [-0.4, -0.2) is 5.11 Å². The summed E-state index contributed by atoms with van der Waals surface area (Å²) < 4.78 is 5.68. The molecule has 1 N–H and O–H groups in total. The van der Waals surface area contributed by atoms with Crippen molar-refractivity contribution in [2.75, 3.05) is 0 Å². The van der Waals surface area contributed by atoms with Crippen molar-refractivity contribution in [1.82, 2.24) is 0 Å². The van der Waals surface area contributed by atoms with Gasteiger partial charge < -0.3 is 9.52 Å². The summed E-state index contributed by atoms with van der Waals surface area (Å²) in [5.74, 6) is 0.896. The molecule has 1 aliphatic rings. The Morgan fingerprint density at radius 1 is 1.00 bits per heavy atom. The molecule has 0 fully saturated rings. The fourth-order valence-electron chi connectivity index (χ4n) is 3.84. The van der Waals surface area contributed by atoms with Crippen LogP contribution in [0.2, 0.25) is 0 Å². The second kappa shape index (κ2) is 7.25. The minimum Gasteiger partial charge on any atom is -0.507 e. The summed E-state index contributed by atoms with van der Waals surface area (Å²) in [6.45, 7) is 4.15. The van der Waals surface area contributed by atoms with Gasteiger partial charge in [0.05, 0.1) is 5.56 Å². The minimum absolute atomic E-state index is 0.154. The standard InChI is InChI=1S/C21H26O3/c1-14(2)18(15-10-6-5-7-11-15)19-20(22)16-12-8-3-4-9-13-17(16)24-21(19)23/h5-7,10-11,14,18,22H,3-4,8-9,12-13H2,1-2H3. The highest BCUT2D eigenvalue weighted by Gasteiger charge is 2.29. The Hall–Kier alpha value is -2.03. The van der Waals surface area contributed by atoms with Crippen molar-refractivity contribution in [2.45, 2.75) is 58.3 Å². The van der Waals surface area contributed by atoms with Crippen LogP contribution in [0.15, 0.2) is 39.5 Å². The van der Waals surface area contributed by atoms with Gasteiger partial charge in [-0.05, 0) is 30.7 Å². The number of fused-ring (bicyclic) bond motifs is 1. The van der Waals surface area contributed by atoms with E-state index in [0.717, 1.165) is 43.2 Å². The van der Waals surface area contributed by atoms with Gasteiger partial charge in [-0.25, -0.2) is 4.79 Å². The van der Waals surface area contributed by atoms with Gasteiger partial charge in [0.25, 0.3) is 0 Å². The highest BCUT2D eigenvalue weighted by Crippen LogP contribution is 2.38. The second-order valence-corrected chi connectivity index (χ2v) is 7.10. The van der Waals surface area contributed by atoms with Crippen LogP contribution in [0.3, 0.4) is 0 Å². The maximum absolute atomic E-state index is 12.7. The summed E-state index contributed by atoms with van der Waals surface area (Å²) in [6, 6.07) is 9.93. The molecular weight excluding hydrogens is 300 g/mol. The number of aryl methyl sites for hydroxylation is 1. The SMILES string of the molecule is CC(C)C(c1ccccc1)c1c(O)c2c(oc1=O)CCCCCC2. The molecule has 0 spiro atoms. The van der Waals surface area contributed by atoms with Crippen LogP contribution in [0.4, 0.5) is 0 Å². The summed E-state index contributed by atoms with van der Waals surface area (Å²) in [7, 11) is 0. The lowest BCUT2D eigenvalue weighted by molar-refractivity contribution is 0.376. The second-order valence-electron chi connectivity index (χ2n) is 7.10. The van der Waals surface area contributed by atoms with E-state index in [-0.39, 0.29) is 23.2 Å². The zero-order valence-corrected chi connectivity index (χ0v) is 14.5. The molecule has 3 nitrogen and oxygen atoms in total. The molecule has 1 atom stereocenters. The number of hydrogen-bond acceptors (Lipinski definition) is 3. The van der Waals surface area contributed by atoms with Crippen molar-refractivity contribution in [1.29, 1.82) is 0 Å².